The van der Waals surface area contributed by atoms with Crippen molar-refractivity contribution in [1.82, 2.24) is 9.55 Å². The summed E-state index contributed by atoms with van der Waals surface area (Å²) in [6.07, 6.45) is 0. The molecule has 4 aromatic rings. The van der Waals surface area contributed by atoms with E-state index in [1.54, 1.807) is 60.0 Å². The second-order valence-electron chi connectivity index (χ2n) is 7.22. The molecule has 0 fully saturated rings. The summed E-state index contributed by atoms with van der Waals surface area (Å²) in [5.74, 6) is 2.03. The quantitative estimate of drug-likeness (QED) is 0.523. The number of aryl methyl sites for hydroxylation is 1. The molecule has 1 amide bonds. The average Bonchev–Trinajstić information content (AvgIpc) is 3.27. The smallest absolute Gasteiger partial charge is 0.265 e. The van der Waals surface area contributed by atoms with Gasteiger partial charge in [0.25, 0.3) is 11.5 Å². The number of benzene rings is 3. The van der Waals surface area contributed by atoms with Crippen LogP contribution in [0.25, 0.3) is 16.6 Å². The number of para-hydroxylation sites is 1. The summed E-state index contributed by atoms with van der Waals surface area (Å²) in [6.45, 7) is 1.81. The van der Waals surface area contributed by atoms with Crippen molar-refractivity contribution in [2.75, 3.05) is 18.7 Å². The van der Waals surface area contributed by atoms with Crippen molar-refractivity contribution in [1.29, 1.82) is 0 Å². The van der Waals surface area contributed by atoms with E-state index >= 15 is 0 Å². The van der Waals surface area contributed by atoms with Crippen LogP contribution in [0.4, 0.5) is 5.69 Å². The molecule has 0 spiro atoms. The van der Waals surface area contributed by atoms with Crippen LogP contribution < -0.4 is 25.1 Å². The highest BCUT2D eigenvalue weighted by atomic mass is 16.7. The first-order valence-electron chi connectivity index (χ1n) is 9.99. The topological polar surface area (TPSA) is 91.7 Å². The molecule has 0 radical (unpaired) electrons. The average molecular weight is 429 g/mol. The van der Waals surface area contributed by atoms with Gasteiger partial charge in [0, 0.05) is 11.8 Å². The van der Waals surface area contributed by atoms with E-state index in [0.29, 0.717) is 45.4 Å². The lowest BCUT2D eigenvalue weighted by Gasteiger charge is -2.12. The maximum Gasteiger partial charge on any atom is 0.265 e. The normalized spacial score (nSPS) is 12.0. The summed E-state index contributed by atoms with van der Waals surface area (Å²) in [7, 11) is 0. The first-order valence-corrected chi connectivity index (χ1v) is 9.99. The van der Waals surface area contributed by atoms with Gasteiger partial charge in [0.15, 0.2) is 18.1 Å². The lowest BCUT2D eigenvalue weighted by molar-refractivity contribution is -0.118. The molecule has 0 unspecified atom stereocenters. The number of fused-ring (bicyclic) bond motifs is 2. The first kappa shape index (κ1) is 19.6. The third kappa shape index (κ3) is 3.74. The minimum absolute atomic E-state index is 0.137. The van der Waals surface area contributed by atoms with Crippen molar-refractivity contribution in [2.45, 2.75) is 6.92 Å². The molecule has 0 bridgehead atoms. The highest BCUT2D eigenvalue weighted by Gasteiger charge is 2.14. The Morgan fingerprint density at radius 3 is 2.69 bits per heavy atom. The molecule has 5 rings (SSSR count). The molecule has 8 nitrogen and oxygen atoms in total. The number of hydrogen-bond donors (Lipinski definition) is 1. The van der Waals surface area contributed by atoms with E-state index in [0.717, 1.165) is 0 Å². The van der Waals surface area contributed by atoms with Gasteiger partial charge in [-0.05, 0) is 55.5 Å². The minimum atomic E-state index is -0.309. The van der Waals surface area contributed by atoms with E-state index in [1.807, 2.05) is 18.2 Å². The zero-order valence-corrected chi connectivity index (χ0v) is 17.2. The fraction of sp³-hybridized carbons (Fsp3) is 0.125. The summed E-state index contributed by atoms with van der Waals surface area (Å²) < 4.78 is 17.6. The first-order chi connectivity index (χ1) is 15.6. The van der Waals surface area contributed by atoms with Gasteiger partial charge < -0.3 is 19.5 Å². The van der Waals surface area contributed by atoms with Gasteiger partial charge in [-0.25, -0.2) is 4.98 Å². The van der Waals surface area contributed by atoms with E-state index in [-0.39, 0.29) is 24.9 Å². The van der Waals surface area contributed by atoms with Gasteiger partial charge in [0.1, 0.15) is 11.6 Å². The Labute approximate surface area is 183 Å². The maximum atomic E-state index is 12.9. The highest BCUT2D eigenvalue weighted by molar-refractivity contribution is 5.92. The van der Waals surface area contributed by atoms with E-state index in [2.05, 4.69) is 10.3 Å². The van der Waals surface area contributed by atoms with Crippen molar-refractivity contribution >= 4 is 22.5 Å². The SMILES string of the molecule is Cc1nc2ccccc2c(=O)n1-c1ccc(NC(=O)COc2ccc3c(c2)OCO3)cc1. The summed E-state index contributed by atoms with van der Waals surface area (Å²) in [5, 5.41) is 3.33. The largest absolute Gasteiger partial charge is 0.484 e. The Balaban J connectivity index is 1.27. The third-order valence-corrected chi connectivity index (χ3v) is 5.07. The fourth-order valence-electron chi connectivity index (χ4n) is 3.55. The van der Waals surface area contributed by atoms with Crippen molar-refractivity contribution in [3.05, 3.63) is 82.9 Å². The molecule has 1 aromatic heterocycles. The van der Waals surface area contributed by atoms with Gasteiger partial charge in [0.2, 0.25) is 6.79 Å². The Morgan fingerprint density at radius 2 is 1.84 bits per heavy atom. The summed E-state index contributed by atoms with van der Waals surface area (Å²) in [5.41, 5.74) is 1.78. The van der Waals surface area contributed by atoms with Gasteiger partial charge in [-0.1, -0.05) is 12.1 Å². The number of aromatic nitrogens is 2. The van der Waals surface area contributed by atoms with Gasteiger partial charge in [-0.2, -0.15) is 0 Å². The van der Waals surface area contributed by atoms with Gasteiger partial charge in [-0.15, -0.1) is 0 Å². The molecule has 0 atom stereocenters. The van der Waals surface area contributed by atoms with Crippen LogP contribution in [-0.2, 0) is 4.79 Å². The maximum absolute atomic E-state index is 12.9. The van der Waals surface area contributed by atoms with Crippen LogP contribution >= 0.6 is 0 Å². The Morgan fingerprint density at radius 1 is 1.06 bits per heavy atom. The molecule has 0 saturated heterocycles. The van der Waals surface area contributed by atoms with Crippen LogP contribution in [0.15, 0.2) is 71.5 Å². The molecule has 2 heterocycles. The van der Waals surface area contributed by atoms with Crippen LogP contribution in [0, 0.1) is 6.92 Å². The predicted octanol–water partition coefficient (Wildman–Crippen LogP) is 3.44. The lowest BCUT2D eigenvalue weighted by atomic mass is 10.2. The van der Waals surface area contributed by atoms with E-state index < -0.39 is 0 Å². The van der Waals surface area contributed by atoms with Crippen molar-refractivity contribution in [3.8, 4) is 22.9 Å². The Kier molecular flexibility index (Phi) is 4.95. The zero-order chi connectivity index (χ0) is 22.1. The number of nitrogens with zero attached hydrogens (tertiary/aromatic N) is 2. The summed E-state index contributed by atoms with van der Waals surface area (Å²) in [4.78, 5) is 29.7. The molecule has 1 aliphatic rings. The van der Waals surface area contributed by atoms with Crippen molar-refractivity contribution < 1.29 is 19.0 Å². The number of rotatable bonds is 5. The Bertz CT molecular complexity index is 1380. The number of hydrogen-bond acceptors (Lipinski definition) is 6. The molecule has 32 heavy (non-hydrogen) atoms. The van der Waals surface area contributed by atoms with Crippen LogP contribution in [0.2, 0.25) is 0 Å². The lowest BCUT2D eigenvalue weighted by Crippen LogP contribution is -2.22. The number of anilines is 1. The van der Waals surface area contributed by atoms with Gasteiger partial charge in [-0.3, -0.25) is 14.2 Å². The van der Waals surface area contributed by atoms with Crippen LogP contribution in [0.3, 0.4) is 0 Å². The van der Waals surface area contributed by atoms with E-state index in [9.17, 15) is 9.59 Å². The molecule has 160 valence electrons. The number of carbonyl (C=O) groups is 1. The predicted molar refractivity (Wildman–Crippen MR) is 119 cm³/mol. The summed E-state index contributed by atoms with van der Waals surface area (Å²) in [6, 6.07) is 19.4. The third-order valence-electron chi connectivity index (χ3n) is 5.07. The molecular formula is C24H19N3O5. The number of nitrogens with one attached hydrogen (secondary N) is 1. The highest BCUT2D eigenvalue weighted by Crippen LogP contribution is 2.35. The molecule has 1 aliphatic heterocycles. The fourth-order valence-corrected chi connectivity index (χ4v) is 3.55. The molecule has 3 aromatic carbocycles. The van der Waals surface area contributed by atoms with Gasteiger partial charge in [0.05, 0.1) is 16.6 Å². The molecule has 0 aliphatic carbocycles. The minimum Gasteiger partial charge on any atom is -0.484 e. The molecule has 8 heteroatoms. The molecule has 0 saturated carbocycles. The molecular weight excluding hydrogens is 410 g/mol. The number of ether oxygens (including phenoxy) is 3. The number of amides is 1. The second kappa shape index (κ2) is 8.07. The van der Waals surface area contributed by atoms with Crippen molar-refractivity contribution in [2.24, 2.45) is 0 Å². The zero-order valence-electron chi connectivity index (χ0n) is 17.2. The van der Waals surface area contributed by atoms with Crippen molar-refractivity contribution in [3.63, 3.8) is 0 Å². The van der Waals surface area contributed by atoms with Crippen LogP contribution in [0.5, 0.6) is 17.2 Å². The van der Waals surface area contributed by atoms with E-state index in [4.69, 9.17) is 14.2 Å². The monoisotopic (exact) mass is 429 g/mol. The van der Waals surface area contributed by atoms with Gasteiger partial charge >= 0.3 is 0 Å². The van der Waals surface area contributed by atoms with E-state index in [1.165, 1.54) is 0 Å². The summed E-state index contributed by atoms with van der Waals surface area (Å²) >= 11 is 0. The Hall–Kier alpha value is -4.33. The molecule has 1 N–H and O–H groups in total. The van der Waals surface area contributed by atoms with Crippen LogP contribution in [0.1, 0.15) is 5.82 Å². The van der Waals surface area contributed by atoms with Crippen LogP contribution in [-0.4, -0.2) is 28.9 Å². The second-order valence-corrected chi connectivity index (χ2v) is 7.22. The standard InChI is InChI=1S/C24H19N3O5/c1-15-25-20-5-3-2-4-19(20)24(29)27(15)17-8-6-16(7-9-17)26-23(28)13-30-18-10-11-21-22(12-18)32-14-31-21/h2-12H,13-14H2,1H3,(H,26,28). The number of carbonyl (C=O) groups excluding carboxylic acids is 1.